The first-order valence-corrected chi connectivity index (χ1v) is 8.12. The van der Waals surface area contributed by atoms with Gasteiger partial charge in [0, 0.05) is 23.9 Å². The molecule has 4 nitrogen and oxygen atoms in total. The lowest BCUT2D eigenvalue weighted by atomic mass is 10.1. The van der Waals surface area contributed by atoms with Gasteiger partial charge in [0.05, 0.1) is 12.0 Å². The summed E-state index contributed by atoms with van der Waals surface area (Å²) in [6, 6.07) is 0. The van der Waals surface area contributed by atoms with E-state index < -0.39 is 6.10 Å². The Balaban J connectivity index is 1.56. The summed E-state index contributed by atoms with van der Waals surface area (Å²) in [7, 11) is 0. The maximum absolute atomic E-state index is 11.8. The highest BCUT2D eigenvalue weighted by atomic mass is 32.2. The van der Waals surface area contributed by atoms with Crippen molar-refractivity contribution in [1.82, 2.24) is 10.3 Å². The number of thiazole rings is 1. The van der Waals surface area contributed by atoms with E-state index in [2.05, 4.69) is 10.3 Å². The van der Waals surface area contributed by atoms with Crippen molar-refractivity contribution < 1.29 is 9.90 Å². The zero-order valence-electron chi connectivity index (χ0n) is 10.2. The summed E-state index contributed by atoms with van der Waals surface area (Å²) in [5.41, 5.74) is 0. The first-order valence-electron chi connectivity index (χ1n) is 6.25. The van der Waals surface area contributed by atoms with Crippen LogP contribution in [0, 0.1) is 5.92 Å². The molecule has 1 heterocycles. The molecule has 1 aromatic rings. The van der Waals surface area contributed by atoms with E-state index in [0.29, 0.717) is 6.54 Å². The Morgan fingerprint density at radius 1 is 1.61 bits per heavy atom. The highest BCUT2D eigenvalue weighted by Crippen LogP contribution is 2.25. The van der Waals surface area contributed by atoms with Crippen LogP contribution in [0.1, 0.15) is 25.7 Å². The van der Waals surface area contributed by atoms with E-state index in [1.807, 2.05) is 5.38 Å². The van der Waals surface area contributed by atoms with Crippen LogP contribution in [0.5, 0.6) is 0 Å². The van der Waals surface area contributed by atoms with E-state index in [1.165, 1.54) is 0 Å². The maximum Gasteiger partial charge on any atom is 0.225 e. The molecule has 0 bridgehead atoms. The van der Waals surface area contributed by atoms with Crippen molar-refractivity contribution in [3.63, 3.8) is 0 Å². The fourth-order valence-electron chi connectivity index (χ4n) is 2.10. The molecule has 0 radical (unpaired) electrons. The number of nitrogens with zero attached hydrogens (tertiary/aromatic N) is 1. The molecule has 0 saturated heterocycles. The Labute approximate surface area is 115 Å². The maximum atomic E-state index is 11.8. The molecule has 0 aromatic carbocycles. The highest BCUT2D eigenvalue weighted by Gasteiger charge is 2.30. The van der Waals surface area contributed by atoms with Gasteiger partial charge in [-0.15, -0.1) is 11.3 Å². The second-order valence-electron chi connectivity index (χ2n) is 4.40. The molecule has 1 aromatic heterocycles. The molecule has 1 fully saturated rings. The third-order valence-electron chi connectivity index (χ3n) is 3.07. The largest absolute Gasteiger partial charge is 0.392 e. The van der Waals surface area contributed by atoms with E-state index >= 15 is 0 Å². The number of hydrogen-bond donors (Lipinski definition) is 2. The lowest BCUT2D eigenvalue weighted by Gasteiger charge is -2.14. The van der Waals surface area contributed by atoms with Gasteiger partial charge < -0.3 is 10.4 Å². The molecule has 2 atom stereocenters. The van der Waals surface area contributed by atoms with Gasteiger partial charge in [-0.1, -0.05) is 11.8 Å². The number of aromatic nitrogens is 1. The molecule has 0 aliphatic heterocycles. The van der Waals surface area contributed by atoms with Crippen LogP contribution >= 0.6 is 23.1 Å². The van der Waals surface area contributed by atoms with Crippen LogP contribution in [-0.4, -0.2) is 34.4 Å². The number of amides is 1. The molecule has 2 N–H and O–H groups in total. The monoisotopic (exact) mass is 286 g/mol. The highest BCUT2D eigenvalue weighted by molar-refractivity contribution is 8.00. The molecule has 100 valence electrons. The molecule has 6 heteroatoms. The summed E-state index contributed by atoms with van der Waals surface area (Å²) in [5, 5.41) is 14.5. The van der Waals surface area contributed by atoms with Gasteiger partial charge in [0.1, 0.15) is 4.34 Å². The van der Waals surface area contributed by atoms with Crippen LogP contribution in [0.3, 0.4) is 0 Å². The van der Waals surface area contributed by atoms with E-state index in [9.17, 15) is 9.90 Å². The molecule has 2 rings (SSSR count). The summed E-state index contributed by atoms with van der Waals surface area (Å²) >= 11 is 3.36. The van der Waals surface area contributed by atoms with Crippen LogP contribution in [0.15, 0.2) is 15.9 Å². The quantitative estimate of drug-likeness (QED) is 0.619. The SMILES string of the molecule is O=C(NCCCSc1nccs1)C1CCCC1O. The Morgan fingerprint density at radius 2 is 2.50 bits per heavy atom. The predicted octanol–water partition coefficient (Wildman–Crippen LogP) is 1.90. The summed E-state index contributed by atoms with van der Waals surface area (Å²) in [5.74, 6) is 0.789. The van der Waals surface area contributed by atoms with Gasteiger partial charge in [0.25, 0.3) is 0 Å². The van der Waals surface area contributed by atoms with Crippen molar-refractivity contribution in [2.45, 2.75) is 36.1 Å². The van der Waals surface area contributed by atoms with Crippen molar-refractivity contribution in [2.75, 3.05) is 12.3 Å². The van der Waals surface area contributed by atoms with Gasteiger partial charge in [-0.3, -0.25) is 4.79 Å². The molecule has 18 heavy (non-hydrogen) atoms. The lowest BCUT2D eigenvalue weighted by molar-refractivity contribution is -0.127. The number of nitrogens with one attached hydrogen (secondary N) is 1. The third kappa shape index (κ3) is 3.96. The van der Waals surface area contributed by atoms with Crippen LogP contribution in [0.25, 0.3) is 0 Å². The molecule has 1 amide bonds. The number of carbonyl (C=O) groups excluding carboxylic acids is 1. The number of aliphatic hydroxyl groups excluding tert-OH is 1. The van der Waals surface area contributed by atoms with Crippen molar-refractivity contribution in [1.29, 1.82) is 0 Å². The first-order chi connectivity index (χ1) is 8.77. The Bertz CT molecular complexity index is 370. The molecular formula is C12H18N2O2S2. The van der Waals surface area contributed by atoms with Gasteiger partial charge >= 0.3 is 0 Å². The second kappa shape index (κ2) is 7.11. The number of thioether (sulfide) groups is 1. The van der Waals surface area contributed by atoms with Gasteiger partial charge in [-0.25, -0.2) is 4.98 Å². The van der Waals surface area contributed by atoms with Crippen LogP contribution in [0.4, 0.5) is 0 Å². The van der Waals surface area contributed by atoms with Crippen molar-refractivity contribution in [3.05, 3.63) is 11.6 Å². The fraction of sp³-hybridized carbons (Fsp3) is 0.667. The normalized spacial score (nSPS) is 23.2. The van der Waals surface area contributed by atoms with E-state index in [4.69, 9.17) is 0 Å². The summed E-state index contributed by atoms with van der Waals surface area (Å²) in [4.78, 5) is 15.9. The number of rotatable bonds is 6. The van der Waals surface area contributed by atoms with Gasteiger partial charge in [-0.2, -0.15) is 0 Å². The predicted molar refractivity (Wildman–Crippen MR) is 73.8 cm³/mol. The minimum Gasteiger partial charge on any atom is -0.392 e. The number of carbonyl (C=O) groups is 1. The second-order valence-corrected chi connectivity index (χ2v) is 6.63. The summed E-state index contributed by atoms with van der Waals surface area (Å²) in [6.45, 7) is 0.681. The van der Waals surface area contributed by atoms with Crippen molar-refractivity contribution in [2.24, 2.45) is 5.92 Å². The molecule has 1 aliphatic rings. The van der Waals surface area contributed by atoms with Gasteiger partial charge in [-0.05, 0) is 25.7 Å². The van der Waals surface area contributed by atoms with E-state index in [1.54, 1.807) is 29.3 Å². The number of aliphatic hydroxyl groups is 1. The lowest BCUT2D eigenvalue weighted by Crippen LogP contribution is -2.35. The molecule has 2 unspecified atom stereocenters. The minimum absolute atomic E-state index is 0.0132. The van der Waals surface area contributed by atoms with Gasteiger partial charge in [0.2, 0.25) is 5.91 Å². The van der Waals surface area contributed by atoms with E-state index in [0.717, 1.165) is 35.8 Å². The Morgan fingerprint density at radius 3 is 3.17 bits per heavy atom. The zero-order chi connectivity index (χ0) is 12.8. The average Bonchev–Trinajstić information content (AvgIpc) is 2.99. The fourth-order valence-corrected chi connectivity index (χ4v) is 3.75. The zero-order valence-corrected chi connectivity index (χ0v) is 11.8. The minimum atomic E-state index is -0.435. The molecular weight excluding hydrogens is 268 g/mol. The van der Waals surface area contributed by atoms with Crippen LogP contribution in [0.2, 0.25) is 0 Å². The standard InChI is InChI=1S/C12H18N2O2S2/c15-10-4-1-3-9(10)11(16)13-5-2-7-17-12-14-6-8-18-12/h6,8-10,15H,1-5,7H2,(H,13,16). The van der Waals surface area contributed by atoms with Gasteiger partial charge in [0.15, 0.2) is 0 Å². The topological polar surface area (TPSA) is 62.2 Å². The Kier molecular flexibility index (Phi) is 5.46. The number of hydrogen-bond acceptors (Lipinski definition) is 5. The smallest absolute Gasteiger partial charge is 0.225 e. The molecule has 1 aliphatic carbocycles. The van der Waals surface area contributed by atoms with Crippen molar-refractivity contribution in [3.8, 4) is 0 Å². The molecule has 0 spiro atoms. The van der Waals surface area contributed by atoms with Crippen LogP contribution in [-0.2, 0) is 4.79 Å². The van der Waals surface area contributed by atoms with E-state index in [-0.39, 0.29) is 11.8 Å². The van der Waals surface area contributed by atoms with Crippen molar-refractivity contribution >= 4 is 29.0 Å². The molecule has 1 saturated carbocycles. The van der Waals surface area contributed by atoms with Crippen LogP contribution < -0.4 is 5.32 Å². The first kappa shape index (κ1) is 13.8. The average molecular weight is 286 g/mol. The Hall–Kier alpha value is -0.590. The summed E-state index contributed by atoms with van der Waals surface area (Å²) in [6.07, 6.45) is 4.84. The third-order valence-corrected chi connectivity index (χ3v) is 5.12. The summed E-state index contributed by atoms with van der Waals surface area (Å²) < 4.78 is 1.08.